The van der Waals surface area contributed by atoms with Crippen molar-refractivity contribution in [1.29, 1.82) is 0 Å². The van der Waals surface area contributed by atoms with Crippen LogP contribution in [0.2, 0.25) is 10.0 Å². The fraction of sp³-hybridized carbons (Fsp3) is 0.667. The van der Waals surface area contributed by atoms with Crippen LogP contribution in [-0.2, 0) is 0 Å². The Labute approximate surface area is 140 Å². The summed E-state index contributed by atoms with van der Waals surface area (Å²) in [4.78, 5) is 0. The lowest BCUT2D eigenvalue weighted by molar-refractivity contribution is 0.285. The lowest BCUT2D eigenvalue weighted by Gasteiger charge is -2.29. The van der Waals surface area contributed by atoms with Gasteiger partial charge in [-0.25, -0.2) is 0 Å². The molecule has 0 aromatic heterocycles. The van der Waals surface area contributed by atoms with Gasteiger partial charge in [0.1, 0.15) is 0 Å². The van der Waals surface area contributed by atoms with E-state index in [-0.39, 0.29) is 0 Å². The van der Waals surface area contributed by atoms with Gasteiger partial charge >= 0.3 is 0 Å². The van der Waals surface area contributed by atoms with E-state index in [0.29, 0.717) is 16.5 Å². The molecule has 1 rings (SSSR count). The van der Waals surface area contributed by atoms with Crippen LogP contribution < -0.4 is 5.32 Å². The first kappa shape index (κ1) is 18.8. The lowest BCUT2D eigenvalue weighted by atomic mass is 9.86. The van der Waals surface area contributed by atoms with Crippen LogP contribution in [0.25, 0.3) is 0 Å². The molecule has 3 heteroatoms. The number of unbranched alkanes of at least 4 members (excludes halogenated alkanes) is 2. The van der Waals surface area contributed by atoms with Crippen molar-refractivity contribution < 1.29 is 0 Å². The van der Waals surface area contributed by atoms with Gasteiger partial charge in [-0.1, -0.05) is 76.2 Å². The van der Waals surface area contributed by atoms with Crippen molar-refractivity contribution in [2.24, 2.45) is 5.41 Å². The normalized spacial score (nSPS) is 13.4. The summed E-state index contributed by atoms with van der Waals surface area (Å²) in [5.41, 5.74) is 1.47. The lowest BCUT2D eigenvalue weighted by Crippen LogP contribution is -2.32. The van der Waals surface area contributed by atoms with Gasteiger partial charge in [0.15, 0.2) is 0 Å². The summed E-state index contributed by atoms with van der Waals surface area (Å²) in [5, 5.41) is 5.13. The SMILES string of the molecule is CCCCCC(C)(C)CNC(CC)c1ccc(Cl)cc1Cl. The van der Waals surface area contributed by atoms with E-state index >= 15 is 0 Å². The Hall–Kier alpha value is -0.240. The highest BCUT2D eigenvalue weighted by molar-refractivity contribution is 6.35. The van der Waals surface area contributed by atoms with Crippen LogP contribution in [-0.4, -0.2) is 6.54 Å². The average molecular weight is 330 g/mol. The monoisotopic (exact) mass is 329 g/mol. The number of hydrogen-bond acceptors (Lipinski definition) is 1. The molecule has 0 amide bonds. The summed E-state index contributed by atoms with van der Waals surface area (Å²) in [6.45, 7) is 10.1. The molecule has 0 aliphatic heterocycles. The van der Waals surface area contributed by atoms with Gasteiger partial charge in [0.2, 0.25) is 0 Å². The molecule has 1 atom stereocenters. The van der Waals surface area contributed by atoms with Crippen molar-refractivity contribution in [2.45, 2.75) is 65.8 Å². The second-order valence-corrected chi connectivity index (χ2v) is 7.47. The highest BCUT2D eigenvalue weighted by Crippen LogP contribution is 2.30. The molecular formula is C18H29Cl2N. The molecule has 0 heterocycles. The van der Waals surface area contributed by atoms with Gasteiger partial charge in [-0.3, -0.25) is 0 Å². The second-order valence-electron chi connectivity index (χ2n) is 6.63. The van der Waals surface area contributed by atoms with Crippen LogP contribution in [0.15, 0.2) is 18.2 Å². The molecule has 1 unspecified atom stereocenters. The smallest absolute Gasteiger partial charge is 0.0468 e. The molecular weight excluding hydrogens is 301 g/mol. The summed E-state index contributed by atoms with van der Waals surface area (Å²) < 4.78 is 0. The van der Waals surface area contributed by atoms with E-state index in [1.807, 2.05) is 18.2 Å². The van der Waals surface area contributed by atoms with E-state index < -0.39 is 0 Å². The van der Waals surface area contributed by atoms with Crippen molar-refractivity contribution in [3.05, 3.63) is 33.8 Å². The topological polar surface area (TPSA) is 12.0 Å². The van der Waals surface area contributed by atoms with Crippen molar-refractivity contribution in [3.8, 4) is 0 Å². The predicted molar refractivity (Wildman–Crippen MR) is 95.4 cm³/mol. The van der Waals surface area contributed by atoms with Crippen molar-refractivity contribution in [3.63, 3.8) is 0 Å². The van der Waals surface area contributed by atoms with Gasteiger partial charge in [-0.2, -0.15) is 0 Å². The summed E-state index contributed by atoms with van der Waals surface area (Å²) >= 11 is 12.3. The van der Waals surface area contributed by atoms with E-state index in [4.69, 9.17) is 23.2 Å². The molecule has 0 spiro atoms. The third-order valence-electron chi connectivity index (χ3n) is 4.03. The van der Waals surface area contributed by atoms with Crippen molar-refractivity contribution >= 4 is 23.2 Å². The molecule has 0 saturated heterocycles. The largest absolute Gasteiger partial charge is 0.309 e. The Morgan fingerprint density at radius 3 is 2.43 bits per heavy atom. The quantitative estimate of drug-likeness (QED) is 0.500. The molecule has 1 aromatic carbocycles. The van der Waals surface area contributed by atoms with Crippen LogP contribution >= 0.6 is 23.2 Å². The van der Waals surface area contributed by atoms with E-state index in [9.17, 15) is 0 Å². The van der Waals surface area contributed by atoms with E-state index in [0.717, 1.165) is 23.6 Å². The predicted octanol–water partition coefficient (Wildman–Crippen LogP) is 6.64. The molecule has 1 aromatic rings. The van der Waals surface area contributed by atoms with Gasteiger partial charge in [-0.05, 0) is 36.0 Å². The number of rotatable bonds is 9. The van der Waals surface area contributed by atoms with Gasteiger partial charge in [0.05, 0.1) is 0 Å². The van der Waals surface area contributed by atoms with E-state index in [1.54, 1.807) is 0 Å². The van der Waals surface area contributed by atoms with Gasteiger partial charge in [-0.15, -0.1) is 0 Å². The minimum Gasteiger partial charge on any atom is -0.309 e. The van der Waals surface area contributed by atoms with Crippen molar-refractivity contribution in [1.82, 2.24) is 5.32 Å². The van der Waals surface area contributed by atoms with Crippen molar-refractivity contribution in [2.75, 3.05) is 6.54 Å². The highest BCUT2D eigenvalue weighted by Gasteiger charge is 2.20. The minimum atomic E-state index is 0.292. The fourth-order valence-electron chi connectivity index (χ4n) is 2.60. The summed E-state index contributed by atoms with van der Waals surface area (Å²) in [6.07, 6.45) is 6.19. The van der Waals surface area contributed by atoms with Crippen LogP contribution in [0.4, 0.5) is 0 Å². The Kier molecular flexibility index (Phi) is 8.08. The highest BCUT2D eigenvalue weighted by atomic mass is 35.5. The molecule has 0 aliphatic carbocycles. The zero-order chi connectivity index (χ0) is 15.9. The first-order chi connectivity index (χ1) is 9.89. The third kappa shape index (κ3) is 6.59. The van der Waals surface area contributed by atoms with Gasteiger partial charge in [0, 0.05) is 22.6 Å². The molecule has 0 saturated carbocycles. The average Bonchev–Trinajstić information content (AvgIpc) is 2.41. The molecule has 0 fully saturated rings. The molecule has 0 radical (unpaired) electrons. The van der Waals surface area contributed by atoms with Crippen LogP contribution in [0.1, 0.15) is 71.4 Å². The van der Waals surface area contributed by atoms with E-state index in [2.05, 4.69) is 33.0 Å². The molecule has 0 bridgehead atoms. The van der Waals surface area contributed by atoms with Gasteiger partial charge in [0.25, 0.3) is 0 Å². The number of halogens is 2. The first-order valence-corrected chi connectivity index (χ1v) is 8.83. The van der Waals surface area contributed by atoms with E-state index in [1.165, 1.54) is 25.7 Å². The fourth-order valence-corrected chi connectivity index (χ4v) is 3.14. The van der Waals surface area contributed by atoms with Crippen LogP contribution in [0.5, 0.6) is 0 Å². The Balaban J connectivity index is 2.61. The third-order valence-corrected chi connectivity index (χ3v) is 4.59. The summed E-state index contributed by atoms with van der Waals surface area (Å²) in [7, 11) is 0. The van der Waals surface area contributed by atoms with Gasteiger partial charge < -0.3 is 5.32 Å². The Bertz CT molecular complexity index is 429. The molecule has 1 N–H and O–H groups in total. The number of nitrogens with one attached hydrogen (secondary N) is 1. The van der Waals surface area contributed by atoms with Crippen LogP contribution in [0, 0.1) is 5.41 Å². The first-order valence-electron chi connectivity index (χ1n) is 8.08. The number of hydrogen-bond donors (Lipinski definition) is 1. The summed E-state index contributed by atoms with van der Waals surface area (Å²) in [5.74, 6) is 0. The zero-order valence-electron chi connectivity index (χ0n) is 13.8. The van der Waals surface area contributed by atoms with Crippen LogP contribution in [0.3, 0.4) is 0 Å². The molecule has 1 nitrogen and oxygen atoms in total. The number of benzene rings is 1. The maximum Gasteiger partial charge on any atom is 0.0468 e. The molecule has 21 heavy (non-hydrogen) atoms. The molecule has 0 aliphatic rings. The maximum atomic E-state index is 6.33. The summed E-state index contributed by atoms with van der Waals surface area (Å²) in [6, 6.07) is 6.07. The zero-order valence-corrected chi connectivity index (χ0v) is 15.3. The minimum absolute atomic E-state index is 0.292. The standard InChI is InChI=1S/C18H29Cl2N/c1-5-7-8-11-18(3,4)13-21-17(6-2)15-10-9-14(19)12-16(15)20/h9-10,12,17,21H,5-8,11,13H2,1-4H3. The Morgan fingerprint density at radius 2 is 1.86 bits per heavy atom. The molecule has 120 valence electrons. The maximum absolute atomic E-state index is 6.33. The second kappa shape index (κ2) is 9.02. The Morgan fingerprint density at radius 1 is 1.14 bits per heavy atom.